The SMILES string of the molecule is O=C(O)C[C@@H]1OCC=C2CN3CC[C@]45C6=CC(=O)C(=O)C([NH+]([O-])O)=C6N[C@H]4[C@H]1[C@H]2C[C@H]35. The summed E-state index contributed by atoms with van der Waals surface area (Å²) in [5, 5.41) is 33.1. The van der Waals surface area contributed by atoms with E-state index in [9.17, 15) is 29.9 Å². The Morgan fingerprint density at radius 2 is 2.23 bits per heavy atom. The summed E-state index contributed by atoms with van der Waals surface area (Å²) in [6, 6.07) is -0.200. The summed E-state index contributed by atoms with van der Waals surface area (Å²) in [6.45, 7) is 1.93. The van der Waals surface area contributed by atoms with Gasteiger partial charge in [-0.25, -0.2) is 5.21 Å². The second-order valence-corrected chi connectivity index (χ2v) is 9.37. The molecular weight excluding hydrogens is 406 g/mol. The Labute approximate surface area is 177 Å². The van der Waals surface area contributed by atoms with Crippen LogP contribution in [0.3, 0.4) is 0 Å². The van der Waals surface area contributed by atoms with Crippen LogP contribution in [0.4, 0.5) is 0 Å². The first-order chi connectivity index (χ1) is 14.8. The third-order valence-electron chi connectivity index (χ3n) is 8.31. The summed E-state index contributed by atoms with van der Waals surface area (Å²) in [5.41, 5.74) is 1.05. The first-order valence-electron chi connectivity index (χ1n) is 10.6. The van der Waals surface area contributed by atoms with Gasteiger partial charge in [0.05, 0.1) is 19.1 Å². The number of ether oxygens (including phenoxy) is 1. The molecule has 0 radical (unpaired) electrons. The summed E-state index contributed by atoms with van der Waals surface area (Å²) in [5.74, 6) is -2.83. The molecule has 0 amide bonds. The zero-order chi connectivity index (χ0) is 21.7. The first-order valence-corrected chi connectivity index (χ1v) is 10.6. The third kappa shape index (κ3) is 2.36. The number of fused-ring (bicyclic) bond motifs is 2. The van der Waals surface area contributed by atoms with Crippen molar-refractivity contribution in [2.45, 2.75) is 37.5 Å². The van der Waals surface area contributed by atoms with Crippen molar-refractivity contribution in [3.8, 4) is 0 Å². The fourth-order valence-electron chi connectivity index (χ4n) is 7.28. The van der Waals surface area contributed by atoms with Crippen molar-refractivity contribution < 1.29 is 34.7 Å². The highest BCUT2D eigenvalue weighted by atomic mass is 16.8. The standard InChI is InChI=1S/C21H23N3O7/c25-12-6-11-17(18(19(12)28)24(29)30)22-20-16-10-5-14-21(11,20)2-3-23(14)8-9(10)1-4-31-13(16)7-15(26)27/h1,6,10,13-14,16,20,22,24,29H,2-5,7-8H2,(H,26,27)/t10-,13-,14-,16-,20-,21+/m0/s1. The molecule has 6 aliphatic rings. The van der Waals surface area contributed by atoms with Crippen LogP contribution in [-0.4, -0.2) is 70.6 Å². The Hall–Kier alpha value is -2.37. The van der Waals surface area contributed by atoms with E-state index in [-0.39, 0.29) is 36.0 Å². The lowest BCUT2D eigenvalue weighted by Crippen LogP contribution is -3.04. The van der Waals surface area contributed by atoms with Gasteiger partial charge in [-0.3, -0.25) is 19.3 Å². The molecule has 10 nitrogen and oxygen atoms in total. The summed E-state index contributed by atoms with van der Waals surface area (Å²) in [6.07, 6.45) is 4.23. The number of hydrogen-bond acceptors (Lipinski definition) is 8. The molecule has 0 aromatic carbocycles. The van der Waals surface area contributed by atoms with E-state index in [1.807, 2.05) is 0 Å². The van der Waals surface area contributed by atoms with Gasteiger partial charge in [0, 0.05) is 30.0 Å². The molecule has 4 aliphatic heterocycles. The van der Waals surface area contributed by atoms with Crippen LogP contribution in [-0.2, 0) is 19.1 Å². The number of allylic oxidation sites excluding steroid dienone is 3. The molecule has 4 heterocycles. The van der Waals surface area contributed by atoms with Crippen LogP contribution in [0.5, 0.6) is 0 Å². The summed E-state index contributed by atoms with van der Waals surface area (Å²) in [7, 11) is 0. The summed E-state index contributed by atoms with van der Waals surface area (Å²) in [4.78, 5) is 38.9. The number of rotatable bonds is 3. The Kier molecular flexibility index (Phi) is 3.95. The molecule has 1 saturated carbocycles. The van der Waals surface area contributed by atoms with Crippen LogP contribution in [0.25, 0.3) is 0 Å². The van der Waals surface area contributed by atoms with Gasteiger partial charge in [-0.15, -0.1) is 0 Å². The smallest absolute Gasteiger partial charge is 0.305 e. The van der Waals surface area contributed by atoms with Gasteiger partial charge in [0.25, 0.3) is 5.78 Å². The lowest BCUT2D eigenvalue weighted by Gasteiger charge is -2.55. The molecule has 164 valence electrons. The fourth-order valence-corrected chi connectivity index (χ4v) is 7.28. The number of piperidine rings is 1. The summed E-state index contributed by atoms with van der Waals surface area (Å²) >= 11 is 0. The van der Waals surface area contributed by atoms with E-state index >= 15 is 0 Å². The quantitative estimate of drug-likeness (QED) is 0.183. The monoisotopic (exact) mass is 429 g/mol. The number of aliphatic carboxylic acids is 1. The van der Waals surface area contributed by atoms with E-state index in [4.69, 9.17) is 4.74 Å². The van der Waals surface area contributed by atoms with E-state index in [1.54, 1.807) is 0 Å². The molecular formula is C21H23N3O7. The molecule has 2 aliphatic carbocycles. The molecule has 31 heavy (non-hydrogen) atoms. The minimum absolute atomic E-state index is 0.103. The van der Waals surface area contributed by atoms with E-state index in [0.29, 0.717) is 12.2 Å². The number of hydrogen-bond donors (Lipinski definition) is 4. The van der Waals surface area contributed by atoms with Crippen molar-refractivity contribution >= 4 is 17.5 Å². The van der Waals surface area contributed by atoms with Crippen molar-refractivity contribution in [3.05, 3.63) is 39.9 Å². The normalized spacial score (nSPS) is 41.7. The topological polar surface area (TPSA) is 144 Å². The molecule has 7 atom stereocenters. The van der Waals surface area contributed by atoms with E-state index in [2.05, 4.69) is 16.3 Å². The number of nitrogens with zero attached hydrogens (tertiary/aromatic N) is 1. The van der Waals surface area contributed by atoms with Crippen molar-refractivity contribution in [2.75, 3.05) is 19.7 Å². The van der Waals surface area contributed by atoms with Crippen molar-refractivity contribution in [2.24, 2.45) is 17.3 Å². The number of ketones is 2. The van der Waals surface area contributed by atoms with Crippen LogP contribution in [0.2, 0.25) is 0 Å². The molecule has 3 saturated heterocycles. The summed E-state index contributed by atoms with van der Waals surface area (Å²) < 4.78 is 6.01. The van der Waals surface area contributed by atoms with Gasteiger partial charge < -0.3 is 20.4 Å². The van der Waals surface area contributed by atoms with Crippen LogP contribution < -0.4 is 10.5 Å². The van der Waals surface area contributed by atoms with Gasteiger partial charge in [0.15, 0.2) is 0 Å². The predicted molar refractivity (Wildman–Crippen MR) is 102 cm³/mol. The molecule has 2 bridgehead atoms. The number of carbonyl (C=O) groups is 3. The largest absolute Gasteiger partial charge is 0.595 e. The molecule has 1 unspecified atom stereocenters. The van der Waals surface area contributed by atoms with E-state index < -0.39 is 40.0 Å². The zero-order valence-electron chi connectivity index (χ0n) is 16.7. The number of hydroxylamine groups is 2. The Morgan fingerprint density at radius 1 is 1.42 bits per heavy atom. The first kappa shape index (κ1) is 19.3. The third-order valence-corrected chi connectivity index (χ3v) is 8.31. The van der Waals surface area contributed by atoms with Gasteiger partial charge in [-0.1, -0.05) is 11.6 Å². The molecule has 0 aromatic rings. The predicted octanol–water partition coefficient (Wildman–Crippen LogP) is -1.47. The Balaban J connectivity index is 1.56. The molecule has 0 aromatic heterocycles. The van der Waals surface area contributed by atoms with Crippen LogP contribution in [0.1, 0.15) is 19.3 Å². The second-order valence-electron chi connectivity index (χ2n) is 9.37. The minimum Gasteiger partial charge on any atom is -0.595 e. The Bertz CT molecular complexity index is 1010. The number of Topliss-reactive ketones (excluding diaryl/α,β-unsaturated/α-hetero) is 1. The highest BCUT2D eigenvalue weighted by molar-refractivity contribution is 6.48. The van der Waals surface area contributed by atoms with Crippen LogP contribution >= 0.6 is 0 Å². The van der Waals surface area contributed by atoms with Crippen molar-refractivity contribution in [1.82, 2.24) is 10.2 Å². The zero-order valence-corrected chi connectivity index (χ0v) is 16.7. The highest BCUT2D eigenvalue weighted by Crippen LogP contribution is 2.64. The van der Waals surface area contributed by atoms with Gasteiger partial charge in [-0.2, -0.15) is 5.23 Å². The number of carboxylic acids is 1. The Morgan fingerprint density at radius 3 is 2.97 bits per heavy atom. The lowest BCUT2D eigenvalue weighted by atomic mass is 9.54. The van der Waals surface area contributed by atoms with Gasteiger partial charge in [-0.05, 0) is 37.0 Å². The molecule has 4 N–H and O–H groups in total. The lowest BCUT2D eigenvalue weighted by molar-refractivity contribution is -1.01. The number of quaternary nitrogens is 1. The van der Waals surface area contributed by atoms with E-state index in [1.165, 1.54) is 11.6 Å². The van der Waals surface area contributed by atoms with Crippen LogP contribution in [0, 0.1) is 22.5 Å². The fraction of sp³-hybridized carbons (Fsp3) is 0.571. The number of carbonyl (C=O) groups excluding carboxylic acids is 2. The molecule has 6 rings (SSSR count). The molecule has 10 heteroatoms. The average Bonchev–Trinajstić information content (AvgIpc) is 3.18. The maximum atomic E-state index is 12.5. The van der Waals surface area contributed by atoms with Gasteiger partial charge in [0.2, 0.25) is 11.5 Å². The average molecular weight is 429 g/mol. The highest BCUT2D eigenvalue weighted by Gasteiger charge is 2.69. The maximum Gasteiger partial charge on any atom is 0.305 e. The second kappa shape index (κ2) is 6.33. The van der Waals surface area contributed by atoms with Gasteiger partial charge >= 0.3 is 5.97 Å². The van der Waals surface area contributed by atoms with Crippen molar-refractivity contribution in [1.29, 1.82) is 0 Å². The molecule has 4 fully saturated rings. The van der Waals surface area contributed by atoms with Gasteiger partial charge in [0.1, 0.15) is 5.70 Å². The van der Waals surface area contributed by atoms with Crippen LogP contribution in [0.15, 0.2) is 34.7 Å². The van der Waals surface area contributed by atoms with Crippen molar-refractivity contribution in [3.63, 3.8) is 0 Å². The number of carboxylic acid groups (broad SMARTS) is 1. The minimum atomic E-state index is -1.42. The maximum absolute atomic E-state index is 12.5. The van der Waals surface area contributed by atoms with E-state index in [0.717, 1.165) is 25.9 Å². The molecule has 1 spiro atoms. The number of nitrogens with one attached hydrogen (secondary N) is 2.